The Hall–Kier alpha value is -1.63. The molecule has 1 spiro atoms. The van der Waals surface area contributed by atoms with E-state index in [4.69, 9.17) is 4.74 Å². The van der Waals surface area contributed by atoms with Crippen molar-refractivity contribution in [3.05, 3.63) is 0 Å². The molecule has 1 unspecified atom stereocenters. The van der Waals surface area contributed by atoms with E-state index in [9.17, 15) is 14.4 Å². The fourth-order valence-electron chi connectivity index (χ4n) is 4.84. The molecule has 3 aliphatic heterocycles. The third-order valence-electron chi connectivity index (χ3n) is 6.29. The molecular formula is C18H27N3O4. The standard InChI is InChI=1S/C18H27N3O4/c22-15-10-13(11-20(15)14-4-2-1-3-5-14)12-21-16(23)18(19-17(21)24)6-8-25-9-7-18/h13-14H,1-12H2,(H,19,24). The first-order chi connectivity index (χ1) is 12.1. The molecule has 0 aromatic carbocycles. The van der Waals surface area contributed by atoms with Gasteiger partial charge in [-0.1, -0.05) is 19.3 Å². The highest BCUT2D eigenvalue weighted by Crippen LogP contribution is 2.32. The fraction of sp³-hybridized carbons (Fsp3) is 0.833. The molecule has 7 heteroatoms. The maximum atomic E-state index is 12.8. The van der Waals surface area contributed by atoms with Crippen LogP contribution in [0.15, 0.2) is 0 Å². The molecule has 1 atom stereocenters. The molecule has 4 rings (SSSR count). The molecule has 1 N–H and O–H groups in total. The number of hydrogen-bond acceptors (Lipinski definition) is 4. The molecule has 0 aromatic heterocycles. The van der Waals surface area contributed by atoms with Gasteiger partial charge in [0.1, 0.15) is 5.54 Å². The number of rotatable bonds is 3. The first-order valence-electron chi connectivity index (χ1n) is 9.60. The molecule has 7 nitrogen and oxygen atoms in total. The van der Waals surface area contributed by atoms with Gasteiger partial charge in [0.2, 0.25) is 5.91 Å². The van der Waals surface area contributed by atoms with Gasteiger partial charge < -0.3 is 15.0 Å². The summed E-state index contributed by atoms with van der Waals surface area (Å²) < 4.78 is 5.33. The summed E-state index contributed by atoms with van der Waals surface area (Å²) in [5.74, 6) is 0.105. The number of likely N-dealkylation sites (tertiary alicyclic amines) is 1. The highest BCUT2D eigenvalue weighted by Gasteiger charge is 2.52. The molecule has 0 aromatic rings. The van der Waals surface area contributed by atoms with Crippen molar-refractivity contribution in [1.82, 2.24) is 15.1 Å². The third-order valence-corrected chi connectivity index (χ3v) is 6.29. The van der Waals surface area contributed by atoms with Gasteiger partial charge in [-0.25, -0.2) is 4.79 Å². The van der Waals surface area contributed by atoms with Gasteiger partial charge in [0.15, 0.2) is 0 Å². The van der Waals surface area contributed by atoms with E-state index < -0.39 is 5.54 Å². The summed E-state index contributed by atoms with van der Waals surface area (Å²) in [4.78, 5) is 41.0. The number of nitrogens with zero attached hydrogens (tertiary/aromatic N) is 2. The number of carbonyl (C=O) groups is 3. The Bertz CT molecular complexity index is 567. The maximum absolute atomic E-state index is 12.8. The molecule has 0 radical (unpaired) electrons. The summed E-state index contributed by atoms with van der Waals surface area (Å²) in [5.41, 5.74) is -0.777. The first-order valence-corrected chi connectivity index (χ1v) is 9.60. The van der Waals surface area contributed by atoms with E-state index in [0.29, 0.717) is 51.6 Å². The number of amides is 4. The molecule has 4 amide bonds. The third kappa shape index (κ3) is 3.03. The lowest BCUT2D eigenvalue weighted by atomic mass is 9.90. The predicted octanol–water partition coefficient (Wildman–Crippen LogP) is 1.27. The zero-order valence-electron chi connectivity index (χ0n) is 14.7. The monoisotopic (exact) mass is 349 g/mol. The average molecular weight is 349 g/mol. The van der Waals surface area contributed by atoms with Crippen molar-refractivity contribution < 1.29 is 19.1 Å². The van der Waals surface area contributed by atoms with Crippen LogP contribution in [-0.4, -0.2) is 65.5 Å². The lowest BCUT2D eigenvalue weighted by Gasteiger charge is -2.32. The molecule has 0 bridgehead atoms. The Morgan fingerprint density at radius 3 is 2.52 bits per heavy atom. The van der Waals surface area contributed by atoms with Crippen molar-refractivity contribution in [3.8, 4) is 0 Å². The summed E-state index contributed by atoms with van der Waals surface area (Å²) in [7, 11) is 0. The Kier molecular flexibility index (Phi) is 4.43. The van der Waals surface area contributed by atoms with Crippen LogP contribution in [-0.2, 0) is 14.3 Å². The van der Waals surface area contributed by atoms with Crippen LogP contribution in [0.4, 0.5) is 4.79 Å². The lowest BCUT2D eigenvalue weighted by Crippen LogP contribution is -2.51. The number of imide groups is 1. The summed E-state index contributed by atoms with van der Waals surface area (Å²) >= 11 is 0. The van der Waals surface area contributed by atoms with Crippen LogP contribution in [0.25, 0.3) is 0 Å². The molecular weight excluding hydrogens is 322 g/mol. The van der Waals surface area contributed by atoms with E-state index in [1.165, 1.54) is 24.2 Å². The number of ether oxygens (including phenoxy) is 1. The van der Waals surface area contributed by atoms with Crippen LogP contribution in [0.5, 0.6) is 0 Å². The number of urea groups is 1. The van der Waals surface area contributed by atoms with Crippen molar-refractivity contribution in [2.24, 2.45) is 5.92 Å². The van der Waals surface area contributed by atoms with Crippen LogP contribution >= 0.6 is 0 Å². The van der Waals surface area contributed by atoms with Gasteiger partial charge in [-0.05, 0) is 12.8 Å². The number of nitrogens with one attached hydrogen (secondary N) is 1. The highest BCUT2D eigenvalue weighted by molar-refractivity contribution is 6.07. The maximum Gasteiger partial charge on any atom is 0.325 e. The van der Waals surface area contributed by atoms with E-state index in [0.717, 1.165) is 12.8 Å². The molecule has 25 heavy (non-hydrogen) atoms. The molecule has 1 aliphatic carbocycles. The van der Waals surface area contributed by atoms with Crippen LogP contribution < -0.4 is 5.32 Å². The normalized spacial score (nSPS) is 30.4. The zero-order chi connectivity index (χ0) is 17.4. The van der Waals surface area contributed by atoms with Gasteiger partial charge in [0.05, 0.1) is 0 Å². The van der Waals surface area contributed by atoms with Gasteiger partial charge in [-0.15, -0.1) is 0 Å². The Balaban J connectivity index is 1.39. The van der Waals surface area contributed by atoms with Crippen molar-refractivity contribution >= 4 is 17.8 Å². The topological polar surface area (TPSA) is 79.0 Å². The number of carbonyl (C=O) groups excluding carboxylic acids is 3. The minimum absolute atomic E-state index is 0.0547. The first kappa shape index (κ1) is 16.8. The van der Waals surface area contributed by atoms with Crippen LogP contribution in [0.2, 0.25) is 0 Å². The summed E-state index contributed by atoms with van der Waals surface area (Å²) in [6.45, 7) is 2.02. The van der Waals surface area contributed by atoms with Gasteiger partial charge in [-0.2, -0.15) is 0 Å². The molecule has 3 saturated heterocycles. The number of hydrogen-bond donors (Lipinski definition) is 1. The molecule has 4 aliphatic rings. The van der Waals surface area contributed by atoms with Crippen LogP contribution in [0.3, 0.4) is 0 Å². The quantitative estimate of drug-likeness (QED) is 0.778. The second-order valence-corrected chi connectivity index (χ2v) is 7.95. The molecule has 138 valence electrons. The largest absolute Gasteiger partial charge is 0.381 e. The molecule has 4 fully saturated rings. The summed E-state index contributed by atoms with van der Waals surface area (Å²) in [6, 6.07) is 0.0478. The second kappa shape index (κ2) is 6.59. The van der Waals surface area contributed by atoms with Gasteiger partial charge in [0, 0.05) is 57.5 Å². The van der Waals surface area contributed by atoms with Crippen molar-refractivity contribution in [2.75, 3.05) is 26.3 Å². The highest BCUT2D eigenvalue weighted by atomic mass is 16.5. The summed E-state index contributed by atoms with van der Waals surface area (Å²) in [6.07, 6.45) is 7.33. The minimum Gasteiger partial charge on any atom is -0.381 e. The van der Waals surface area contributed by atoms with Crippen LogP contribution in [0.1, 0.15) is 51.4 Å². The van der Waals surface area contributed by atoms with Gasteiger partial charge >= 0.3 is 6.03 Å². The molecule has 3 heterocycles. The van der Waals surface area contributed by atoms with E-state index in [1.807, 2.05) is 4.90 Å². The fourth-order valence-corrected chi connectivity index (χ4v) is 4.84. The Labute approximate surface area is 148 Å². The Morgan fingerprint density at radius 2 is 1.80 bits per heavy atom. The Morgan fingerprint density at radius 1 is 1.08 bits per heavy atom. The summed E-state index contributed by atoms with van der Waals surface area (Å²) in [5, 5.41) is 2.89. The minimum atomic E-state index is -0.777. The van der Waals surface area contributed by atoms with Gasteiger partial charge in [0.25, 0.3) is 5.91 Å². The predicted molar refractivity (Wildman–Crippen MR) is 89.7 cm³/mol. The lowest BCUT2D eigenvalue weighted by molar-refractivity contribution is -0.135. The van der Waals surface area contributed by atoms with Crippen molar-refractivity contribution in [2.45, 2.75) is 62.9 Å². The van der Waals surface area contributed by atoms with Gasteiger partial charge in [-0.3, -0.25) is 14.5 Å². The molecule has 1 saturated carbocycles. The SMILES string of the molecule is O=C1NC2(CCOCC2)C(=O)N1CC1CC(=O)N(C2CCCCC2)C1. The average Bonchev–Trinajstić information content (AvgIpc) is 3.10. The van der Waals surface area contributed by atoms with E-state index >= 15 is 0 Å². The smallest absolute Gasteiger partial charge is 0.325 e. The van der Waals surface area contributed by atoms with Crippen molar-refractivity contribution in [3.63, 3.8) is 0 Å². The van der Waals surface area contributed by atoms with Crippen LogP contribution in [0, 0.1) is 5.92 Å². The second-order valence-electron chi connectivity index (χ2n) is 7.95. The van der Waals surface area contributed by atoms with E-state index in [2.05, 4.69) is 5.32 Å². The zero-order valence-corrected chi connectivity index (χ0v) is 14.7. The van der Waals surface area contributed by atoms with E-state index in [-0.39, 0.29) is 23.8 Å². The van der Waals surface area contributed by atoms with Crippen molar-refractivity contribution in [1.29, 1.82) is 0 Å². The van der Waals surface area contributed by atoms with E-state index in [1.54, 1.807) is 0 Å².